The van der Waals surface area contributed by atoms with Gasteiger partial charge in [0.05, 0.1) is 11.9 Å². The molecule has 2 aromatic heterocycles. The summed E-state index contributed by atoms with van der Waals surface area (Å²) in [7, 11) is 0. The van der Waals surface area contributed by atoms with Crippen molar-refractivity contribution in [3.8, 4) is 5.69 Å². The molecule has 7 nitrogen and oxygen atoms in total. The maximum absolute atomic E-state index is 12.0. The zero-order chi connectivity index (χ0) is 15.4. The molecule has 7 heteroatoms. The third-order valence-electron chi connectivity index (χ3n) is 3.05. The molecular formula is C15H14N6O. The van der Waals surface area contributed by atoms with Crippen LogP contribution in [0.2, 0.25) is 0 Å². The van der Waals surface area contributed by atoms with E-state index in [1.165, 1.54) is 12.4 Å². The van der Waals surface area contributed by atoms with E-state index in [4.69, 9.17) is 5.73 Å². The number of nitrogens with zero attached hydrogens (tertiary/aromatic N) is 4. The normalized spacial score (nSPS) is 10.4. The molecule has 0 aliphatic carbocycles. The van der Waals surface area contributed by atoms with Crippen LogP contribution in [0.5, 0.6) is 0 Å². The van der Waals surface area contributed by atoms with Crippen molar-refractivity contribution >= 4 is 11.7 Å². The molecule has 1 aromatic carbocycles. The topological polar surface area (TPSA) is 98.7 Å². The molecule has 3 N–H and O–H groups in total. The Kier molecular flexibility index (Phi) is 3.78. The maximum atomic E-state index is 12.0. The molecule has 0 aliphatic heterocycles. The van der Waals surface area contributed by atoms with E-state index >= 15 is 0 Å². The first kappa shape index (κ1) is 13.7. The van der Waals surface area contributed by atoms with Gasteiger partial charge < -0.3 is 11.1 Å². The van der Waals surface area contributed by atoms with Crippen molar-refractivity contribution in [2.75, 3.05) is 5.73 Å². The van der Waals surface area contributed by atoms with E-state index in [-0.39, 0.29) is 17.4 Å². The van der Waals surface area contributed by atoms with Crippen molar-refractivity contribution in [1.29, 1.82) is 0 Å². The summed E-state index contributed by atoms with van der Waals surface area (Å²) in [5, 5.41) is 7.01. The Balaban J connectivity index is 1.67. The number of benzene rings is 1. The number of carbonyl (C=O) groups is 1. The molecule has 2 heterocycles. The van der Waals surface area contributed by atoms with Crippen LogP contribution >= 0.6 is 0 Å². The van der Waals surface area contributed by atoms with Crippen LogP contribution in [0.3, 0.4) is 0 Å². The van der Waals surface area contributed by atoms with E-state index in [2.05, 4.69) is 20.4 Å². The number of hydrogen-bond acceptors (Lipinski definition) is 5. The molecule has 22 heavy (non-hydrogen) atoms. The molecule has 3 aromatic rings. The number of para-hydroxylation sites is 1. The van der Waals surface area contributed by atoms with Crippen molar-refractivity contribution in [2.45, 2.75) is 6.54 Å². The molecule has 3 rings (SSSR count). The molecule has 0 saturated heterocycles. The number of nitrogens with one attached hydrogen (secondary N) is 1. The summed E-state index contributed by atoms with van der Waals surface area (Å²) in [6, 6.07) is 9.73. The van der Waals surface area contributed by atoms with Gasteiger partial charge in [-0.2, -0.15) is 5.10 Å². The number of carbonyl (C=O) groups excluding carboxylic acids is 1. The zero-order valence-electron chi connectivity index (χ0n) is 11.7. The molecule has 0 saturated carbocycles. The third kappa shape index (κ3) is 2.93. The van der Waals surface area contributed by atoms with Crippen LogP contribution < -0.4 is 11.1 Å². The number of anilines is 1. The largest absolute Gasteiger partial charge is 0.382 e. The molecule has 0 aliphatic rings. The zero-order valence-corrected chi connectivity index (χ0v) is 11.7. The quantitative estimate of drug-likeness (QED) is 0.752. The summed E-state index contributed by atoms with van der Waals surface area (Å²) >= 11 is 0. The van der Waals surface area contributed by atoms with Crippen LogP contribution in [-0.2, 0) is 6.54 Å². The predicted octanol–water partition coefficient (Wildman–Crippen LogP) is 1.17. The minimum atomic E-state index is -0.363. The van der Waals surface area contributed by atoms with Gasteiger partial charge >= 0.3 is 0 Å². The van der Waals surface area contributed by atoms with Crippen LogP contribution in [-0.4, -0.2) is 25.7 Å². The number of hydrogen-bond donors (Lipinski definition) is 2. The lowest BCUT2D eigenvalue weighted by atomic mass is 10.3. The van der Waals surface area contributed by atoms with Crippen LogP contribution in [0, 0.1) is 0 Å². The third-order valence-corrected chi connectivity index (χ3v) is 3.05. The van der Waals surface area contributed by atoms with Gasteiger partial charge in [-0.05, 0) is 12.1 Å². The first-order valence-corrected chi connectivity index (χ1v) is 6.67. The van der Waals surface area contributed by atoms with Crippen molar-refractivity contribution in [3.05, 3.63) is 66.4 Å². The van der Waals surface area contributed by atoms with Gasteiger partial charge in [-0.3, -0.25) is 4.79 Å². The highest BCUT2D eigenvalue weighted by Crippen LogP contribution is 2.08. The number of aromatic nitrogens is 4. The van der Waals surface area contributed by atoms with Crippen molar-refractivity contribution in [3.63, 3.8) is 0 Å². The fourth-order valence-corrected chi connectivity index (χ4v) is 1.96. The minimum absolute atomic E-state index is 0.111. The van der Waals surface area contributed by atoms with E-state index in [0.29, 0.717) is 6.54 Å². The lowest BCUT2D eigenvalue weighted by Crippen LogP contribution is -2.25. The smallest absolute Gasteiger partial charge is 0.273 e. The molecule has 0 spiro atoms. The van der Waals surface area contributed by atoms with E-state index in [1.807, 2.05) is 36.5 Å². The minimum Gasteiger partial charge on any atom is -0.382 e. The molecule has 0 bridgehead atoms. The molecule has 0 fully saturated rings. The lowest BCUT2D eigenvalue weighted by Gasteiger charge is -2.04. The Morgan fingerprint density at radius 2 is 1.95 bits per heavy atom. The number of rotatable bonds is 4. The second-order valence-electron chi connectivity index (χ2n) is 4.60. The molecule has 0 unspecified atom stereocenters. The van der Waals surface area contributed by atoms with E-state index < -0.39 is 0 Å². The highest BCUT2D eigenvalue weighted by Gasteiger charge is 2.11. The Bertz CT molecular complexity index is 783. The molecule has 0 radical (unpaired) electrons. The predicted molar refractivity (Wildman–Crippen MR) is 81.2 cm³/mol. The summed E-state index contributed by atoms with van der Waals surface area (Å²) in [4.78, 5) is 19.8. The first-order valence-electron chi connectivity index (χ1n) is 6.67. The second-order valence-corrected chi connectivity index (χ2v) is 4.60. The molecule has 0 atom stereocenters. The van der Waals surface area contributed by atoms with Crippen molar-refractivity contribution < 1.29 is 4.79 Å². The van der Waals surface area contributed by atoms with Crippen LogP contribution in [0.25, 0.3) is 5.69 Å². The van der Waals surface area contributed by atoms with E-state index in [1.54, 1.807) is 10.9 Å². The molecule has 1 amide bonds. The average molecular weight is 294 g/mol. The number of nitrogen functional groups attached to an aromatic ring is 1. The van der Waals surface area contributed by atoms with Crippen LogP contribution in [0.1, 0.15) is 16.1 Å². The van der Waals surface area contributed by atoms with E-state index in [9.17, 15) is 4.79 Å². The fraction of sp³-hybridized carbons (Fsp3) is 0.0667. The van der Waals surface area contributed by atoms with Crippen LogP contribution in [0.15, 0.2) is 55.1 Å². The van der Waals surface area contributed by atoms with Gasteiger partial charge in [0.15, 0.2) is 11.5 Å². The standard InChI is InChI=1S/C15H14N6O/c16-14-13(17-6-7-18-14)15(22)19-8-11-9-20-21(10-11)12-4-2-1-3-5-12/h1-7,9-10H,8H2,(H2,16,18)(H,19,22). The molecule has 110 valence electrons. The van der Waals surface area contributed by atoms with Gasteiger partial charge in [-0.15, -0.1) is 0 Å². The van der Waals surface area contributed by atoms with Gasteiger partial charge in [0.1, 0.15) is 0 Å². The van der Waals surface area contributed by atoms with Crippen LogP contribution in [0.4, 0.5) is 5.82 Å². The summed E-state index contributed by atoms with van der Waals surface area (Å²) < 4.78 is 1.75. The Labute approximate surface area is 126 Å². The monoisotopic (exact) mass is 294 g/mol. The average Bonchev–Trinajstić information content (AvgIpc) is 3.03. The Morgan fingerprint density at radius 1 is 1.18 bits per heavy atom. The van der Waals surface area contributed by atoms with Gasteiger partial charge in [0, 0.05) is 30.7 Å². The molecular weight excluding hydrogens is 280 g/mol. The van der Waals surface area contributed by atoms with Crippen molar-refractivity contribution in [2.24, 2.45) is 0 Å². The van der Waals surface area contributed by atoms with Gasteiger partial charge in [0.2, 0.25) is 0 Å². The van der Waals surface area contributed by atoms with Gasteiger partial charge in [-0.25, -0.2) is 14.6 Å². The summed E-state index contributed by atoms with van der Waals surface area (Å²) in [6.07, 6.45) is 6.43. The summed E-state index contributed by atoms with van der Waals surface area (Å²) in [5.41, 5.74) is 7.57. The highest BCUT2D eigenvalue weighted by atomic mass is 16.1. The highest BCUT2D eigenvalue weighted by molar-refractivity contribution is 5.96. The number of amides is 1. The van der Waals surface area contributed by atoms with Crippen molar-refractivity contribution in [1.82, 2.24) is 25.1 Å². The summed E-state index contributed by atoms with van der Waals surface area (Å²) in [6.45, 7) is 0.335. The maximum Gasteiger partial charge on any atom is 0.273 e. The fourth-order valence-electron chi connectivity index (χ4n) is 1.96. The Morgan fingerprint density at radius 3 is 2.73 bits per heavy atom. The van der Waals surface area contributed by atoms with E-state index in [0.717, 1.165) is 11.3 Å². The SMILES string of the molecule is Nc1nccnc1C(=O)NCc1cnn(-c2ccccc2)c1. The lowest BCUT2D eigenvalue weighted by molar-refractivity contribution is 0.0946. The summed E-state index contributed by atoms with van der Waals surface area (Å²) in [5.74, 6) is -0.252. The van der Waals surface area contributed by atoms with Gasteiger partial charge in [-0.1, -0.05) is 18.2 Å². The number of nitrogens with two attached hydrogens (primary N) is 1. The van der Waals surface area contributed by atoms with Gasteiger partial charge in [0.25, 0.3) is 5.91 Å². The Hall–Kier alpha value is -3.22. The second kappa shape index (κ2) is 6.04. The first-order chi connectivity index (χ1) is 10.7.